The molecule has 0 radical (unpaired) electrons. The Labute approximate surface area is 169 Å². The summed E-state index contributed by atoms with van der Waals surface area (Å²) in [6.45, 7) is 4.15. The maximum Gasteiger partial charge on any atom is 0.296 e. The number of thiocarbonyl (C=S) groups is 1. The Balaban J connectivity index is 2.01. The van der Waals surface area contributed by atoms with Gasteiger partial charge in [0, 0.05) is 11.3 Å². The lowest BCUT2D eigenvalue weighted by Crippen LogP contribution is -2.49. The first-order valence-corrected chi connectivity index (χ1v) is 9.71. The van der Waals surface area contributed by atoms with Crippen LogP contribution in [-0.2, 0) is 0 Å². The van der Waals surface area contributed by atoms with Gasteiger partial charge in [0.25, 0.3) is 6.17 Å². The zero-order valence-electron chi connectivity index (χ0n) is 15.7. The number of hydroxylamine groups is 1. The molecule has 1 atom stereocenters. The van der Waals surface area contributed by atoms with Crippen molar-refractivity contribution >= 4 is 40.2 Å². The summed E-state index contributed by atoms with van der Waals surface area (Å²) in [7, 11) is 3.18. The number of benzene rings is 2. The van der Waals surface area contributed by atoms with E-state index in [1.54, 1.807) is 32.2 Å². The van der Waals surface area contributed by atoms with E-state index in [1.807, 2.05) is 53.4 Å². The van der Waals surface area contributed by atoms with E-state index in [1.165, 1.54) is 4.74 Å². The first kappa shape index (κ1) is 19.5. The van der Waals surface area contributed by atoms with Crippen molar-refractivity contribution < 1.29 is 19.4 Å². The molecule has 1 heterocycles. The molecule has 1 fully saturated rings. The van der Waals surface area contributed by atoms with Gasteiger partial charge < -0.3 is 9.47 Å². The van der Waals surface area contributed by atoms with Crippen molar-refractivity contribution in [3.8, 4) is 11.5 Å². The highest BCUT2D eigenvalue weighted by Crippen LogP contribution is 2.43. The predicted molar refractivity (Wildman–Crippen MR) is 114 cm³/mol. The molecule has 3 rings (SSSR count). The second-order valence-electron chi connectivity index (χ2n) is 6.67. The van der Waals surface area contributed by atoms with Crippen LogP contribution in [0.15, 0.2) is 48.5 Å². The number of anilines is 1. The molecule has 7 heteroatoms. The molecule has 0 aromatic heterocycles. The molecular formula is C20H23N2O3S2+. The van der Waals surface area contributed by atoms with E-state index in [0.717, 1.165) is 15.6 Å². The highest BCUT2D eigenvalue weighted by molar-refractivity contribution is 8.24. The van der Waals surface area contributed by atoms with Crippen LogP contribution in [0.25, 0.3) is 0 Å². The maximum absolute atomic E-state index is 11.0. The fourth-order valence-corrected chi connectivity index (χ4v) is 5.09. The summed E-state index contributed by atoms with van der Waals surface area (Å²) in [5.41, 5.74) is 1.74. The number of hydrogen-bond acceptors (Lipinski definition) is 5. The van der Waals surface area contributed by atoms with Crippen molar-refractivity contribution in [2.24, 2.45) is 0 Å². The highest BCUT2D eigenvalue weighted by Gasteiger charge is 2.53. The topological polar surface area (TPSA) is 44.9 Å². The third-order valence-electron chi connectivity index (χ3n) is 4.39. The van der Waals surface area contributed by atoms with Gasteiger partial charge in [-0.3, -0.25) is 10.1 Å². The van der Waals surface area contributed by atoms with Crippen molar-refractivity contribution in [1.29, 1.82) is 0 Å². The maximum atomic E-state index is 11.0. The molecule has 142 valence electrons. The highest BCUT2D eigenvalue weighted by atomic mass is 32.2. The van der Waals surface area contributed by atoms with Crippen LogP contribution in [0.5, 0.6) is 11.5 Å². The van der Waals surface area contributed by atoms with Crippen LogP contribution >= 0.6 is 24.0 Å². The zero-order valence-corrected chi connectivity index (χ0v) is 17.4. The Bertz CT molecular complexity index is 869. The standard InChI is InChI=1S/C20H23N2O3S2/c1-20(2)18(22(19(26)27-20)15-8-6-5-7-9-15)21(23)13-14-10-11-16(24-3)17(12-14)25-4/h5-13,18,23H,1-4H3/q+1. The van der Waals surface area contributed by atoms with Crippen LogP contribution in [0, 0.1) is 0 Å². The van der Waals surface area contributed by atoms with Crippen LogP contribution in [-0.4, -0.2) is 45.6 Å². The average molecular weight is 404 g/mol. The SMILES string of the molecule is COc1ccc(C=[N+](O)C2N(c3ccccc3)C(=S)SC2(C)C)cc1OC. The fourth-order valence-electron chi connectivity index (χ4n) is 3.17. The summed E-state index contributed by atoms with van der Waals surface area (Å²) in [4.78, 5) is 1.98. The van der Waals surface area contributed by atoms with Gasteiger partial charge in [0.1, 0.15) is 9.07 Å². The number of thioether (sulfide) groups is 1. The Morgan fingerprint density at radius 1 is 1.11 bits per heavy atom. The molecule has 0 saturated carbocycles. The van der Waals surface area contributed by atoms with Crippen LogP contribution in [0.3, 0.4) is 0 Å². The van der Waals surface area contributed by atoms with E-state index in [4.69, 9.17) is 21.7 Å². The number of methoxy groups -OCH3 is 2. The number of para-hydroxylation sites is 1. The second-order valence-corrected chi connectivity index (χ2v) is 8.96. The van der Waals surface area contributed by atoms with Gasteiger partial charge in [-0.25, -0.2) is 0 Å². The summed E-state index contributed by atoms with van der Waals surface area (Å²) in [6.07, 6.45) is 1.32. The predicted octanol–water partition coefficient (Wildman–Crippen LogP) is 4.17. The zero-order chi connectivity index (χ0) is 19.6. The molecule has 1 aliphatic rings. The monoisotopic (exact) mass is 403 g/mol. The van der Waals surface area contributed by atoms with Crippen molar-refractivity contribution in [3.63, 3.8) is 0 Å². The first-order valence-electron chi connectivity index (χ1n) is 8.48. The molecule has 0 amide bonds. The summed E-state index contributed by atoms with van der Waals surface area (Å²) in [5, 5.41) is 11.0. The first-order chi connectivity index (χ1) is 12.9. The van der Waals surface area contributed by atoms with Gasteiger partial charge in [0.15, 0.2) is 11.5 Å². The van der Waals surface area contributed by atoms with Gasteiger partial charge in [-0.05, 0) is 48.9 Å². The van der Waals surface area contributed by atoms with Crippen LogP contribution in [0.2, 0.25) is 0 Å². The normalized spacial score (nSPS) is 19.3. The average Bonchev–Trinajstić information content (AvgIpc) is 2.90. The third kappa shape index (κ3) is 3.89. The van der Waals surface area contributed by atoms with Crippen molar-refractivity contribution in [3.05, 3.63) is 54.1 Å². The van der Waals surface area contributed by atoms with E-state index in [2.05, 4.69) is 13.8 Å². The minimum Gasteiger partial charge on any atom is -0.493 e. The lowest BCUT2D eigenvalue weighted by Gasteiger charge is -2.25. The third-order valence-corrected chi connectivity index (χ3v) is 5.94. The Morgan fingerprint density at radius 3 is 2.41 bits per heavy atom. The Morgan fingerprint density at radius 2 is 1.78 bits per heavy atom. The largest absolute Gasteiger partial charge is 0.493 e. The smallest absolute Gasteiger partial charge is 0.296 e. The molecule has 0 bridgehead atoms. The molecule has 1 N–H and O–H groups in total. The quantitative estimate of drug-likeness (QED) is 0.266. The van der Waals surface area contributed by atoms with Crippen LogP contribution in [0.1, 0.15) is 19.4 Å². The molecule has 2 aromatic rings. The summed E-state index contributed by atoms with van der Waals surface area (Å²) in [6, 6.07) is 15.4. The number of hydrogen-bond donors (Lipinski definition) is 1. The van der Waals surface area contributed by atoms with E-state index >= 15 is 0 Å². The molecule has 1 saturated heterocycles. The second kappa shape index (κ2) is 7.78. The Kier molecular flexibility index (Phi) is 5.62. The van der Waals surface area contributed by atoms with E-state index in [9.17, 15) is 5.21 Å². The van der Waals surface area contributed by atoms with Gasteiger partial charge in [0.2, 0.25) is 6.21 Å². The summed E-state index contributed by atoms with van der Waals surface area (Å²) >= 11 is 7.18. The molecule has 1 unspecified atom stereocenters. The number of rotatable bonds is 5. The molecule has 0 spiro atoms. The number of ether oxygens (including phenoxy) is 2. The molecule has 2 aromatic carbocycles. The van der Waals surface area contributed by atoms with Crippen molar-refractivity contribution in [1.82, 2.24) is 0 Å². The van der Waals surface area contributed by atoms with Crippen molar-refractivity contribution in [2.75, 3.05) is 19.1 Å². The number of nitrogens with zero attached hydrogens (tertiary/aromatic N) is 2. The lowest BCUT2D eigenvalue weighted by molar-refractivity contribution is -0.796. The van der Waals surface area contributed by atoms with Gasteiger partial charge in [-0.2, -0.15) is 0 Å². The van der Waals surface area contributed by atoms with Gasteiger partial charge in [0.05, 0.1) is 14.2 Å². The summed E-state index contributed by atoms with van der Waals surface area (Å²) < 4.78 is 12.3. The van der Waals surface area contributed by atoms with E-state index in [-0.39, 0.29) is 10.9 Å². The van der Waals surface area contributed by atoms with E-state index < -0.39 is 0 Å². The van der Waals surface area contributed by atoms with Crippen LogP contribution < -0.4 is 14.4 Å². The molecule has 1 aliphatic heterocycles. The van der Waals surface area contributed by atoms with E-state index in [0.29, 0.717) is 11.5 Å². The lowest BCUT2D eigenvalue weighted by atomic mass is 10.1. The fraction of sp³-hybridized carbons (Fsp3) is 0.300. The van der Waals surface area contributed by atoms with Crippen LogP contribution in [0.4, 0.5) is 5.69 Å². The molecular weight excluding hydrogens is 380 g/mol. The Hall–Kier alpha value is -2.25. The molecule has 27 heavy (non-hydrogen) atoms. The summed E-state index contributed by atoms with van der Waals surface area (Å²) in [5.74, 6) is 1.25. The minimum atomic E-state index is -0.356. The molecule has 0 aliphatic carbocycles. The molecule has 5 nitrogen and oxygen atoms in total. The van der Waals surface area contributed by atoms with Crippen molar-refractivity contribution in [2.45, 2.75) is 24.8 Å². The van der Waals surface area contributed by atoms with Gasteiger partial charge in [-0.1, -0.05) is 42.2 Å². The van der Waals surface area contributed by atoms with Gasteiger partial charge in [-0.15, -0.1) is 0 Å². The minimum absolute atomic E-state index is 0.311. The van der Waals surface area contributed by atoms with Gasteiger partial charge >= 0.3 is 0 Å².